The van der Waals surface area contributed by atoms with Crippen molar-refractivity contribution >= 4 is 0 Å². The smallest absolute Gasteiger partial charge is 0.00378 e. The summed E-state index contributed by atoms with van der Waals surface area (Å²) >= 11 is 0. The zero-order valence-electron chi connectivity index (χ0n) is 14.8. The SMILES string of the molecule is C/C=C\C1=CCCC2=C1C(C)C1=C2C=CCC1.CC.CC. The second kappa shape index (κ2) is 8.87. The Bertz CT molecular complexity index is 492. The van der Waals surface area contributed by atoms with Gasteiger partial charge in [0.2, 0.25) is 0 Å². The van der Waals surface area contributed by atoms with Crippen molar-refractivity contribution in [3.8, 4) is 0 Å². The van der Waals surface area contributed by atoms with Gasteiger partial charge in [-0.15, -0.1) is 0 Å². The largest absolute Gasteiger partial charge is 0.0871 e. The van der Waals surface area contributed by atoms with Gasteiger partial charge < -0.3 is 0 Å². The summed E-state index contributed by atoms with van der Waals surface area (Å²) in [4.78, 5) is 0. The Balaban J connectivity index is 0.000000510. The van der Waals surface area contributed by atoms with E-state index < -0.39 is 0 Å². The summed E-state index contributed by atoms with van der Waals surface area (Å²) in [6.07, 6.45) is 16.5. The third-order valence-electron chi connectivity index (χ3n) is 4.23. The van der Waals surface area contributed by atoms with Gasteiger partial charge in [0.25, 0.3) is 0 Å². The highest BCUT2D eigenvalue weighted by Crippen LogP contribution is 2.48. The number of allylic oxidation sites excluding steroid dienone is 10. The Morgan fingerprint density at radius 2 is 1.76 bits per heavy atom. The first kappa shape index (κ1) is 17.8. The Morgan fingerprint density at radius 1 is 1.05 bits per heavy atom. The lowest BCUT2D eigenvalue weighted by Gasteiger charge is -2.19. The Kier molecular flexibility index (Phi) is 7.50. The van der Waals surface area contributed by atoms with Crippen molar-refractivity contribution in [3.63, 3.8) is 0 Å². The van der Waals surface area contributed by atoms with Crippen molar-refractivity contribution in [1.82, 2.24) is 0 Å². The lowest BCUT2D eigenvalue weighted by atomic mass is 9.85. The average Bonchev–Trinajstić information content (AvgIpc) is 2.86. The van der Waals surface area contributed by atoms with Gasteiger partial charge in [0.1, 0.15) is 0 Å². The zero-order chi connectivity index (χ0) is 15.8. The minimum Gasteiger partial charge on any atom is -0.0871 e. The highest BCUT2D eigenvalue weighted by atomic mass is 14.4. The van der Waals surface area contributed by atoms with Gasteiger partial charge in [0.15, 0.2) is 0 Å². The van der Waals surface area contributed by atoms with Crippen molar-refractivity contribution in [2.45, 2.75) is 67.2 Å². The molecule has 0 radical (unpaired) electrons. The summed E-state index contributed by atoms with van der Waals surface area (Å²) in [5.74, 6) is 0.646. The molecule has 0 aromatic heterocycles. The number of fused-ring (bicyclic) bond motifs is 1. The average molecular weight is 284 g/mol. The highest BCUT2D eigenvalue weighted by molar-refractivity contribution is 5.64. The van der Waals surface area contributed by atoms with Crippen LogP contribution in [0.5, 0.6) is 0 Å². The van der Waals surface area contributed by atoms with Gasteiger partial charge in [-0.3, -0.25) is 0 Å². The second-order valence-electron chi connectivity index (χ2n) is 5.19. The monoisotopic (exact) mass is 284 g/mol. The van der Waals surface area contributed by atoms with Crippen molar-refractivity contribution in [3.05, 3.63) is 58.2 Å². The van der Waals surface area contributed by atoms with Gasteiger partial charge in [0.05, 0.1) is 0 Å². The maximum atomic E-state index is 2.41. The zero-order valence-corrected chi connectivity index (χ0v) is 14.8. The number of hydrogen-bond donors (Lipinski definition) is 0. The third-order valence-corrected chi connectivity index (χ3v) is 4.23. The van der Waals surface area contributed by atoms with E-state index in [4.69, 9.17) is 0 Å². The van der Waals surface area contributed by atoms with Crippen LogP contribution in [-0.4, -0.2) is 0 Å². The fourth-order valence-electron chi connectivity index (χ4n) is 3.52. The molecule has 0 saturated heterocycles. The topological polar surface area (TPSA) is 0 Å². The minimum absolute atomic E-state index is 0.646. The van der Waals surface area contributed by atoms with Crippen LogP contribution in [0.3, 0.4) is 0 Å². The Morgan fingerprint density at radius 3 is 2.43 bits per heavy atom. The van der Waals surface area contributed by atoms with E-state index in [9.17, 15) is 0 Å². The molecule has 3 aliphatic carbocycles. The lowest BCUT2D eigenvalue weighted by Crippen LogP contribution is -2.04. The van der Waals surface area contributed by atoms with E-state index in [1.165, 1.54) is 31.3 Å². The third kappa shape index (κ3) is 3.48. The summed E-state index contributed by atoms with van der Waals surface area (Å²) in [7, 11) is 0. The molecule has 0 aliphatic heterocycles. The molecule has 0 bridgehead atoms. The Hall–Kier alpha value is -1.30. The van der Waals surface area contributed by atoms with Crippen molar-refractivity contribution in [2.24, 2.45) is 5.92 Å². The summed E-state index contributed by atoms with van der Waals surface area (Å²) in [5.41, 5.74) is 8.00. The van der Waals surface area contributed by atoms with Gasteiger partial charge in [-0.25, -0.2) is 0 Å². The van der Waals surface area contributed by atoms with Crippen LogP contribution in [0.25, 0.3) is 0 Å². The van der Waals surface area contributed by atoms with Crippen LogP contribution in [0.15, 0.2) is 58.2 Å². The van der Waals surface area contributed by atoms with Crippen LogP contribution in [-0.2, 0) is 0 Å². The van der Waals surface area contributed by atoms with E-state index in [0.29, 0.717) is 5.92 Å². The molecule has 0 saturated carbocycles. The molecule has 3 aliphatic rings. The quantitative estimate of drug-likeness (QED) is 0.490. The molecule has 0 aromatic rings. The van der Waals surface area contributed by atoms with Crippen molar-refractivity contribution in [2.75, 3.05) is 0 Å². The summed E-state index contributed by atoms with van der Waals surface area (Å²) in [6.45, 7) is 12.5. The molecule has 1 atom stereocenters. The van der Waals surface area contributed by atoms with Crippen LogP contribution >= 0.6 is 0 Å². The molecule has 1 unspecified atom stereocenters. The first-order chi connectivity index (χ1) is 10.3. The van der Waals surface area contributed by atoms with Gasteiger partial charge in [-0.05, 0) is 54.9 Å². The fraction of sp³-hybridized carbons (Fsp3) is 0.524. The standard InChI is InChI=1S/C17H20.2C2H6/c1-3-7-13-8-6-11-16-15-10-5-4-9-14(15)12(2)17(13)16;2*1-2/h3,5,7-8,10,12H,4,6,9,11H2,1-2H3;2*1-2H3/b7-3-;;. The predicted octanol–water partition coefficient (Wildman–Crippen LogP) is 6.93. The highest BCUT2D eigenvalue weighted by Gasteiger charge is 2.32. The predicted molar refractivity (Wildman–Crippen MR) is 96.4 cm³/mol. The van der Waals surface area contributed by atoms with E-state index in [1.807, 2.05) is 27.7 Å². The molecule has 0 N–H and O–H groups in total. The molecule has 0 nitrogen and oxygen atoms in total. The van der Waals surface area contributed by atoms with Crippen LogP contribution in [0, 0.1) is 5.92 Å². The molecule has 0 amide bonds. The maximum absolute atomic E-state index is 2.41. The van der Waals surface area contributed by atoms with Gasteiger partial charge >= 0.3 is 0 Å². The number of rotatable bonds is 1. The molecule has 0 heteroatoms. The summed E-state index contributed by atoms with van der Waals surface area (Å²) in [5, 5.41) is 0. The van der Waals surface area contributed by atoms with Gasteiger partial charge in [-0.1, -0.05) is 70.6 Å². The molecule has 0 spiro atoms. The van der Waals surface area contributed by atoms with E-state index in [1.54, 1.807) is 22.3 Å². The van der Waals surface area contributed by atoms with E-state index in [-0.39, 0.29) is 0 Å². The van der Waals surface area contributed by atoms with Crippen LogP contribution in [0.2, 0.25) is 0 Å². The molecule has 0 aromatic carbocycles. The van der Waals surface area contributed by atoms with Gasteiger partial charge in [-0.2, -0.15) is 0 Å². The Labute approximate surface area is 132 Å². The molecule has 3 rings (SSSR count). The fourth-order valence-corrected chi connectivity index (χ4v) is 3.52. The molecular weight excluding hydrogens is 252 g/mol. The number of hydrogen-bond acceptors (Lipinski definition) is 0. The summed E-state index contributed by atoms with van der Waals surface area (Å²) in [6, 6.07) is 0. The molecular formula is C21H32. The van der Waals surface area contributed by atoms with Crippen molar-refractivity contribution in [1.29, 1.82) is 0 Å². The molecule has 0 fully saturated rings. The van der Waals surface area contributed by atoms with Crippen LogP contribution in [0.4, 0.5) is 0 Å². The molecule has 116 valence electrons. The second-order valence-corrected chi connectivity index (χ2v) is 5.19. The normalized spacial score (nSPS) is 23.0. The molecule has 21 heavy (non-hydrogen) atoms. The van der Waals surface area contributed by atoms with E-state index in [2.05, 4.69) is 44.2 Å². The minimum atomic E-state index is 0.646. The summed E-state index contributed by atoms with van der Waals surface area (Å²) < 4.78 is 0. The molecule has 0 heterocycles. The van der Waals surface area contributed by atoms with Crippen LogP contribution in [0.1, 0.15) is 67.2 Å². The first-order valence-corrected chi connectivity index (χ1v) is 8.79. The van der Waals surface area contributed by atoms with Gasteiger partial charge in [0, 0.05) is 5.92 Å². The van der Waals surface area contributed by atoms with Crippen molar-refractivity contribution < 1.29 is 0 Å². The first-order valence-electron chi connectivity index (χ1n) is 8.79. The van der Waals surface area contributed by atoms with Crippen LogP contribution < -0.4 is 0 Å². The maximum Gasteiger partial charge on any atom is 0.00378 e. The van der Waals surface area contributed by atoms with E-state index in [0.717, 1.165) is 0 Å². The lowest BCUT2D eigenvalue weighted by molar-refractivity contribution is 0.753. The van der Waals surface area contributed by atoms with E-state index >= 15 is 0 Å².